The number of hydrogen-bond acceptors (Lipinski definition) is 8. The highest BCUT2D eigenvalue weighted by Gasteiger charge is 2.41. The Morgan fingerprint density at radius 3 is 2.71 bits per heavy atom. The second kappa shape index (κ2) is 9.72. The maximum Gasteiger partial charge on any atom is 0.449 e. The number of anilines is 1. The number of alkyl halides is 3. The van der Waals surface area contributed by atoms with Crippen LogP contribution in [0.25, 0.3) is 10.2 Å². The molecule has 2 saturated heterocycles. The first-order valence-corrected chi connectivity index (χ1v) is 12.0. The number of ether oxygens (including phenoxy) is 1. The molecule has 34 heavy (non-hydrogen) atoms. The number of thiophene rings is 1. The van der Waals surface area contributed by atoms with E-state index in [2.05, 4.69) is 16.9 Å². The molecule has 1 amide bonds. The number of fused-ring (bicyclic) bond motifs is 1. The summed E-state index contributed by atoms with van der Waals surface area (Å²) in [5.74, 6) is -1.26. The summed E-state index contributed by atoms with van der Waals surface area (Å²) >= 11 is 1.51. The zero-order valence-corrected chi connectivity index (χ0v) is 19.6. The van der Waals surface area contributed by atoms with Crippen molar-refractivity contribution in [3.05, 3.63) is 10.9 Å². The highest BCUT2D eigenvalue weighted by atomic mass is 32.1. The molecule has 0 atom stereocenters. The first-order valence-electron chi connectivity index (χ1n) is 11.1. The second-order valence-electron chi connectivity index (χ2n) is 8.21. The molecule has 9 nitrogen and oxygen atoms in total. The lowest BCUT2D eigenvalue weighted by atomic mass is 10.2. The van der Waals surface area contributed by atoms with Gasteiger partial charge in [0, 0.05) is 30.9 Å². The van der Waals surface area contributed by atoms with E-state index < -0.39 is 12.0 Å². The van der Waals surface area contributed by atoms with Crippen LogP contribution < -0.4 is 9.64 Å². The van der Waals surface area contributed by atoms with Crippen molar-refractivity contribution in [2.24, 2.45) is 0 Å². The third-order valence-electron chi connectivity index (χ3n) is 5.76. The topological polar surface area (TPSA) is 110 Å². The van der Waals surface area contributed by atoms with Crippen molar-refractivity contribution in [2.75, 3.05) is 44.2 Å². The normalized spacial score (nSPS) is 17.2. The molecule has 2 N–H and O–H groups in total. The summed E-state index contributed by atoms with van der Waals surface area (Å²) in [5.41, 5.74) is 0. The number of halogens is 3. The number of piperazine rings is 1. The third kappa shape index (κ3) is 5.08. The van der Waals surface area contributed by atoms with E-state index in [9.17, 15) is 18.0 Å². The molecular formula is C21H26F3N7O2S. The molecule has 0 aliphatic carbocycles. The van der Waals surface area contributed by atoms with Crippen molar-refractivity contribution in [2.45, 2.75) is 38.8 Å². The number of carbonyl (C=O) groups excluding carboxylic acids is 1. The van der Waals surface area contributed by atoms with Gasteiger partial charge >= 0.3 is 12.2 Å². The quantitative estimate of drug-likeness (QED) is 0.449. The smallest absolute Gasteiger partial charge is 0.449 e. The van der Waals surface area contributed by atoms with E-state index in [1.54, 1.807) is 9.80 Å². The van der Waals surface area contributed by atoms with Gasteiger partial charge in [-0.2, -0.15) is 23.1 Å². The molecule has 4 rings (SSSR count). The Kier molecular flexibility index (Phi) is 6.91. The van der Waals surface area contributed by atoms with Crippen LogP contribution in [0.5, 0.6) is 6.01 Å². The number of aromatic nitrogens is 2. The van der Waals surface area contributed by atoms with Gasteiger partial charge in [-0.15, -0.1) is 11.3 Å². The number of amides is 1. The van der Waals surface area contributed by atoms with Gasteiger partial charge in [0.15, 0.2) is 0 Å². The molecular weight excluding hydrogens is 471 g/mol. The number of nitrogens with zero attached hydrogens (tertiary/aromatic N) is 5. The number of nitrogens with one attached hydrogen (secondary N) is 2. The van der Waals surface area contributed by atoms with E-state index >= 15 is 0 Å². The molecule has 0 unspecified atom stereocenters. The molecule has 0 saturated carbocycles. The van der Waals surface area contributed by atoms with Gasteiger partial charge in [0.05, 0.1) is 18.5 Å². The van der Waals surface area contributed by atoms with Crippen molar-refractivity contribution >= 4 is 44.9 Å². The van der Waals surface area contributed by atoms with Crippen LogP contribution in [0.3, 0.4) is 0 Å². The zero-order chi connectivity index (χ0) is 24.5. The Hall–Kier alpha value is -2.96. The lowest BCUT2D eigenvalue weighted by molar-refractivity contribution is -0.128. The van der Waals surface area contributed by atoms with E-state index in [-0.39, 0.29) is 44.0 Å². The average Bonchev–Trinajstić information content (AvgIpc) is 3.37. The summed E-state index contributed by atoms with van der Waals surface area (Å²) in [6.45, 7) is 3.33. The Bertz CT molecular complexity index is 1100. The van der Waals surface area contributed by atoms with Crippen LogP contribution in [0.1, 0.15) is 31.1 Å². The molecule has 2 aromatic rings. The largest absolute Gasteiger partial charge is 0.461 e. The van der Waals surface area contributed by atoms with Crippen LogP contribution in [0.2, 0.25) is 0 Å². The fourth-order valence-corrected chi connectivity index (χ4v) is 5.20. The summed E-state index contributed by atoms with van der Waals surface area (Å²) in [6, 6.07) is 2.12. The summed E-state index contributed by atoms with van der Waals surface area (Å²) in [4.78, 5) is 26.8. The number of hydrogen-bond donors (Lipinski definition) is 2. The number of likely N-dealkylation sites (tertiary alicyclic amines) is 1. The predicted molar refractivity (Wildman–Crippen MR) is 123 cm³/mol. The first kappa shape index (κ1) is 24.2. The van der Waals surface area contributed by atoms with Crippen LogP contribution in [-0.2, 0) is 11.2 Å². The third-order valence-corrected chi connectivity index (χ3v) is 6.85. The monoisotopic (exact) mass is 497 g/mol. The number of rotatable bonds is 7. The van der Waals surface area contributed by atoms with Crippen LogP contribution in [0.15, 0.2) is 6.07 Å². The van der Waals surface area contributed by atoms with Gasteiger partial charge in [-0.3, -0.25) is 15.6 Å². The fourth-order valence-electron chi connectivity index (χ4n) is 4.08. The van der Waals surface area contributed by atoms with Crippen molar-refractivity contribution < 1.29 is 22.7 Å². The Balaban J connectivity index is 1.55. The van der Waals surface area contributed by atoms with Crippen molar-refractivity contribution in [1.82, 2.24) is 19.8 Å². The molecule has 0 aromatic carbocycles. The number of carbonyl (C=O) groups is 1. The molecule has 0 radical (unpaired) electrons. The summed E-state index contributed by atoms with van der Waals surface area (Å²) in [7, 11) is 0. The summed E-state index contributed by atoms with van der Waals surface area (Å²) in [6.07, 6.45) is -1.61. The lowest BCUT2D eigenvalue weighted by Crippen LogP contribution is -2.55. The van der Waals surface area contributed by atoms with Gasteiger partial charge < -0.3 is 19.4 Å². The van der Waals surface area contributed by atoms with Gasteiger partial charge in [0.2, 0.25) is 11.7 Å². The highest BCUT2D eigenvalue weighted by molar-refractivity contribution is 7.18. The standard InChI is InChI=1S/C21H26F3N7O2S/c1-2-4-13-11-14-17(30-7-8-31(15(25)12-30)19(26)21(22,23)24)27-20(28-18(14)34-13)33-10-9-29-6-3-5-16(29)32/h11,25-26H,2-10,12H2,1H3. The van der Waals surface area contributed by atoms with Gasteiger partial charge in [-0.25, -0.2) is 0 Å². The fraction of sp³-hybridized carbons (Fsp3) is 0.571. The van der Waals surface area contributed by atoms with Gasteiger partial charge in [0.1, 0.15) is 23.1 Å². The molecule has 0 bridgehead atoms. The first-order chi connectivity index (χ1) is 16.2. The minimum absolute atomic E-state index is 0.101. The SMILES string of the molecule is CCCc1cc2c(N3CCN(C(=N)C(F)(F)F)C(=N)C3)nc(OCCN3CCCC3=O)nc2s1. The van der Waals surface area contributed by atoms with Gasteiger partial charge in [-0.1, -0.05) is 13.3 Å². The zero-order valence-electron chi connectivity index (χ0n) is 18.7. The minimum atomic E-state index is -4.81. The summed E-state index contributed by atoms with van der Waals surface area (Å²) in [5, 5.41) is 16.3. The summed E-state index contributed by atoms with van der Waals surface area (Å²) < 4.78 is 44.7. The number of aryl methyl sites for hydroxylation is 1. The Labute approximate surface area is 198 Å². The molecule has 4 heterocycles. The van der Waals surface area contributed by atoms with Crippen LogP contribution in [-0.4, -0.2) is 82.9 Å². The molecule has 0 spiro atoms. The average molecular weight is 498 g/mol. The minimum Gasteiger partial charge on any atom is -0.461 e. The molecule has 2 aromatic heterocycles. The van der Waals surface area contributed by atoms with Crippen LogP contribution >= 0.6 is 11.3 Å². The predicted octanol–water partition coefficient (Wildman–Crippen LogP) is 3.28. The molecule has 2 aliphatic rings. The van der Waals surface area contributed by atoms with E-state index in [0.717, 1.165) is 29.5 Å². The second-order valence-corrected chi connectivity index (χ2v) is 9.33. The molecule has 2 aliphatic heterocycles. The molecule has 13 heteroatoms. The van der Waals surface area contributed by atoms with E-state index in [1.807, 2.05) is 6.07 Å². The lowest BCUT2D eigenvalue weighted by Gasteiger charge is -2.37. The van der Waals surface area contributed by atoms with Crippen molar-refractivity contribution in [1.29, 1.82) is 10.8 Å². The van der Waals surface area contributed by atoms with Crippen LogP contribution in [0, 0.1) is 10.8 Å². The molecule has 184 valence electrons. The van der Waals surface area contributed by atoms with Crippen molar-refractivity contribution in [3.8, 4) is 6.01 Å². The van der Waals surface area contributed by atoms with Gasteiger partial charge in [0.25, 0.3) is 0 Å². The van der Waals surface area contributed by atoms with E-state index in [4.69, 9.17) is 15.6 Å². The van der Waals surface area contributed by atoms with Crippen LogP contribution in [0.4, 0.5) is 19.0 Å². The van der Waals surface area contributed by atoms with E-state index in [1.165, 1.54) is 11.3 Å². The van der Waals surface area contributed by atoms with E-state index in [0.29, 0.717) is 35.1 Å². The number of amidine groups is 2. The highest BCUT2D eigenvalue weighted by Crippen LogP contribution is 2.34. The maximum atomic E-state index is 13.0. The van der Waals surface area contributed by atoms with Gasteiger partial charge in [-0.05, 0) is 18.9 Å². The Morgan fingerprint density at radius 2 is 2.06 bits per heavy atom. The molecule has 2 fully saturated rings. The Morgan fingerprint density at radius 1 is 1.26 bits per heavy atom. The maximum absolute atomic E-state index is 13.0. The van der Waals surface area contributed by atoms with Crippen molar-refractivity contribution in [3.63, 3.8) is 0 Å².